The largest absolute Gasteiger partial charge is 0.485 e. The molecule has 2 N–H and O–H groups in total. The van der Waals surface area contributed by atoms with Crippen LogP contribution in [0.5, 0.6) is 5.75 Å². The first-order chi connectivity index (χ1) is 16.8. The van der Waals surface area contributed by atoms with Gasteiger partial charge >= 0.3 is 0 Å². The number of aromatic nitrogens is 6. The third kappa shape index (κ3) is 6.57. The van der Waals surface area contributed by atoms with Gasteiger partial charge in [-0.25, -0.2) is 18.4 Å². The fraction of sp³-hybridized carbons (Fsp3) is 0.182. The van der Waals surface area contributed by atoms with E-state index in [2.05, 4.69) is 35.4 Å². The van der Waals surface area contributed by atoms with Crippen molar-refractivity contribution in [3.8, 4) is 5.75 Å². The molecule has 0 unspecified atom stereocenters. The molecule has 0 spiro atoms. The average molecular weight is 495 g/mol. The number of amides is 1. The van der Waals surface area contributed by atoms with Crippen LogP contribution < -0.4 is 14.8 Å². The van der Waals surface area contributed by atoms with Crippen molar-refractivity contribution >= 4 is 27.4 Å². The number of rotatable bonds is 9. The Morgan fingerprint density at radius 1 is 1.03 bits per heavy atom. The van der Waals surface area contributed by atoms with E-state index >= 15 is 0 Å². The smallest absolute Gasteiger partial charge is 0.263 e. The van der Waals surface area contributed by atoms with E-state index in [4.69, 9.17) is 4.74 Å². The Morgan fingerprint density at radius 3 is 2.49 bits per heavy atom. The van der Waals surface area contributed by atoms with Crippen LogP contribution in [0.25, 0.3) is 0 Å². The number of nitrogens with one attached hydrogen (secondary N) is 2. The molecule has 0 fully saturated rings. The van der Waals surface area contributed by atoms with Gasteiger partial charge in [0, 0.05) is 17.4 Å². The maximum absolute atomic E-state index is 12.6. The van der Waals surface area contributed by atoms with Crippen molar-refractivity contribution in [1.29, 1.82) is 0 Å². The summed E-state index contributed by atoms with van der Waals surface area (Å²) < 4.78 is 33.3. The van der Waals surface area contributed by atoms with E-state index in [0.717, 1.165) is 4.80 Å². The maximum atomic E-state index is 12.6. The van der Waals surface area contributed by atoms with Crippen molar-refractivity contribution in [1.82, 2.24) is 30.2 Å². The summed E-state index contributed by atoms with van der Waals surface area (Å²) >= 11 is 0. The molecule has 0 aliphatic heterocycles. The number of benzene rings is 2. The summed E-state index contributed by atoms with van der Waals surface area (Å²) in [5, 5.41) is 14.5. The SMILES string of the molecule is Cc1cc(NS(=O)(=O)c2ccc(NC(=O)Cn3nnc(COc4ccccc4)n3)cc2)nc(C)n1. The lowest BCUT2D eigenvalue weighted by Crippen LogP contribution is -2.20. The standard InChI is InChI=1S/C22H22N8O4S/c1-15-12-20(24-16(2)23-15)28-35(32,33)19-10-8-17(9-11-19)25-22(31)13-30-27-21(26-29-30)14-34-18-6-4-3-5-7-18/h3-12H,13-14H2,1-2H3,(H,25,31)(H,23,24,28). The quantitative estimate of drug-likeness (QED) is 0.356. The molecule has 2 aromatic carbocycles. The molecule has 2 heterocycles. The highest BCUT2D eigenvalue weighted by atomic mass is 32.2. The molecule has 180 valence electrons. The molecular formula is C22H22N8O4S. The van der Waals surface area contributed by atoms with Gasteiger partial charge in [0.05, 0.1) is 4.90 Å². The summed E-state index contributed by atoms with van der Waals surface area (Å²) in [6, 6.07) is 16.5. The second-order valence-electron chi connectivity index (χ2n) is 7.46. The summed E-state index contributed by atoms with van der Waals surface area (Å²) in [6.45, 7) is 3.37. The van der Waals surface area contributed by atoms with Gasteiger partial charge in [-0.05, 0) is 55.5 Å². The Bertz CT molecular complexity index is 1400. The van der Waals surface area contributed by atoms with Crippen LogP contribution in [0.2, 0.25) is 0 Å². The van der Waals surface area contributed by atoms with Gasteiger partial charge in [-0.2, -0.15) is 4.80 Å². The fourth-order valence-electron chi connectivity index (χ4n) is 3.08. The summed E-state index contributed by atoms with van der Waals surface area (Å²) in [5.74, 6) is 1.24. The highest BCUT2D eigenvalue weighted by Crippen LogP contribution is 2.18. The monoisotopic (exact) mass is 494 g/mol. The lowest BCUT2D eigenvalue weighted by Gasteiger charge is -2.10. The van der Waals surface area contributed by atoms with E-state index < -0.39 is 15.9 Å². The zero-order chi connectivity index (χ0) is 24.8. The molecule has 12 nitrogen and oxygen atoms in total. The molecule has 0 saturated heterocycles. The lowest BCUT2D eigenvalue weighted by molar-refractivity contribution is -0.117. The molecule has 0 bridgehead atoms. The molecular weight excluding hydrogens is 472 g/mol. The number of carbonyl (C=O) groups is 1. The van der Waals surface area contributed by atoms with Crippen molar-refractivity contribution in [2.75, 3.05) is 10.0 Å². The van der Waals surface area contributed by atoms with Gasteiger partial charge in [-0.1, -0.05) is 18.2 Å². The van der Waals surface area contributed by atoms with Gasteiger partial charge in [0.15, 0.2) is 6.61 Å². The van der Waals surface area contributed by atoms with Crippen LogP contribution in [0.15, 0.2) is 65.6 Å². The average Bonchev–Trinajstić information content (AvgIpc) is 3.25. The van der Waals surface area contributed by atoms with Gasteiger partial charge in [0.25, 0.3) is 10.0 Å². The highest BCUT2D eigenvalue weighted by molar-refractivity contribution is 7.92. The highest BCUT2D eigenvalue weighted by Gasteiger charge is 2.16. The van der Waals surface area contributed by atoms with Gasteiger partial charge in [-0.15, -0.1) is 10.2 Å². The first kappa shape index (κ1) is 23.8. The van der Waals surface area contributed by atoms with Crippen molar-refractivity contribution in [3.63, 3.8) is 0 Å². The molecule has 0 radical (unpaired) electrons. The Labute approximate surface area is 201 Å². The van der Waals surface area contributed by atoms with Gasteiger partial charge in [0.1, 0.15) is 23.9 Å². The second kappa shape index (κ2) is 10.3. The molecule has 35 heavy (non-hydrogen) atoms. The number of hydrogen-bond donors (Lipinski definition) is 2. The summed E-state index contributed by atoms with van der Waals surface area (Å²) in [6.07, 6.45) is 0. The Morgan fingerprint density at radius 2 is 1.77 bits per heavy atom. The number of aryl methyl sites for hydroxylation is 2. The summed E-state index contributed by atoms with van der Waals surface area (Å²) in [4.78, 5) is 21.7. The third-order valence-corrected chi connectivity index (χ3v) is 5.91. The van der Waals surface area contributed by atoms with Crippen LogP contribution in [0.3, 0.4) is 0 Å². The molecule has 0 aliphatic carbocycles. The lowest BCUT2D eigenvalue weighted by atomic mass is 10.3. The summed E-state index contributed by atoms with van der Waals surface area (Å²) in [5.41, 5.74) is 1.06. The number of ether oxygens (including phenoxy) is 1. The number of anilines is 2. The number of para-hydroxylation sites is 1. The van der Waals surface area contributed by atoms with E-state index in [1.165, 1.54) is 30.3 Å². The Kier molecular flexibility index (Phi) is 6.96. The zero-order valence-electron chi connectivity index (χ0n) is 18.9. The first-order valence-corrected chi connectivity index (χ1v) is 11.9. The number of carbonyl (C=O) groups excluding carboxylic acids is 1. The van der Waals surface area contributed by atoms with E-state index in [9.17, 15) is 13.2 Å². The maximum Gasteiger partial charge on any atom is 0.263 e. The third-order valence-electron chi connectivity index (χ3n) is 4.54. The fourth-order valence-corrected chi connectivity index (χ4v) is 4.07. The van der Waals surface area contributed by atoms with Gasteiger partial charge < -0.3 is 10.1 Å². The molecule has 0 saturated carbocycles. The van der Waals surface area contributed by atoms with Gasteiger partial charge in [0.2, 0.25) is 11.7 Å². The van der Waals surface area contributed by atoms with Crippen molar-refractivity contribution in [2.45, 2.75) is 31.9 Å². The summed E-state index contributed by atoms with van der Waals surface area (Å²) in [7, 11) is -3.86. The van der Waals surface area contributed by atoms with Crippen LogP contribution in [0.1, 0.15) is 17.3 Å². The van der Waals surface area contributed by atoms with E-state index in [0.29, 0.717) is 28.8 Å². The minimum atomic E-state index is -3.86. The first-order valence-electron chi connectivity index (χ1n) is 10.5. The predicted octanol–water partition coefficient (Wildman–Crippen LogP) is 2.10. The van der Waals surface area contributed by atoms with Crippen molar-refractivity contribution in [3.05, 3.63) is 78.0 Å². The molecule has 2 aromatic heterocycles. The van der Waals surface area contributed by atoms with Gasteiger partial charge in [-0.3, -0.25) is 9.52 Å². The molecule has 0 atom stereocenters. The van der Waals surface area contributed by atoms with Crippen LogP contribution in [-0.2, 0) is 28.0 Å². The van der Waals surface area contributed by atoms with Crippen molar-refractivity contribution < 1.29 is 17.9 Å². The number of hydrogen-bond acceptors (Lipinski definition) is 9. The normalized spacial score (nSPS) is 11.1. The molecule has 4 rings (SSSR count). The van der Waals surface area contributed by atoms with Crippen molar-refractivity contribution in [2.24, 2.45) is 0 Å². The topological polar surface area (TPSA) is 154 Å². The van der Waals surface area contributed by atoms with Crippen LogP contribution >= 0.6 is 0 Å². The van der Waals surface area contributed by atoms with Crippen LogP contribution in [0.4, 0.5) is 11.5 Å². The minimum Gasteiger partial charge on any atom is -0.485 e. The van der Waals surface area contributed by atoms with E-state index in [1.54, 1.807) is 13.8 Å². The molecule has 0 aliphatic rings. The van der Waals surface area contributed by atoms with Crippen LogP contribution in [0, 0.1) is 13.8 Å². The van der Waals surface area contributed by atoms with Crippen LogP contribution in [-0.4, -0.2) is 44.5 Å². The molecule has 13 heteroatoms. The number of sulfonamides is 1. The Hall–Kier alpha value is -4.39. The number of nitrogens with zero attached hydrogens (tertiary/aromatic N) is 6. The number of tetrazole rings is 1. The Balaban J connectivity index is 1.32. The van der Waals surface area contributed by atoms with E-state index in [1.807, 2.05) is 30.3 Å². The zero-order valence-corrected chi connectivity index (χ0v) is 19.7. The predicted molar refractivity (Wildman–Crippen MR) is 126 cm³/mol. The second-order valence-corrected chi connectivity index (χ2v) is 9.14. The van der Waals surface area contributed by atoms with E-state index in [-0.39, 0.29) is 23.9 Å². The minimum absolute atomic E-state index is 0.0189. The molecule has 4 aromatic rings. The molecule has 1 amide bonds.